The summed E-state index contributed by atoms with van der Waals surface area (Å²) >= 11 is 4.29. The van der Waals surface area contributed by atoms with Crippen LogP contribution < -0.4 is 0 Å². The second-order valence-electron chi connectivity index (χ2n) is 13.0. The van der Waals surface area contributed by atoms with E-state index < -0.39 is 23.1 Å². The van der Waals surface area contributed by atoms with E-state index in [1.165, 1.54) is 28.7 Å². The summed E-state index contributed by atoms with van der Waals surface area (Å²) in [6, 6.07) is 11.5. The summed E-state index contributed by atoms with van der Waals surface area (Å²) in [5.74, 6) is 0.131. The van der Waals surface area contributed by atoms with Gasteiger partial charge in [-0.05, 0) is 91.3 Å². The zero-order valence-corrected chi connectivity index (χ0v) is 26.3. The quantitative estimate of drug-likeness (QED) is 0.231. The van der Waals surface area contributed by atoms with E-state index >= 15 is 0 Å². The van der Waals surface area contributed by atoms with Crippen LogP contribution in [0.2, 0.25) is 0 Å². The number of allylic oxidation sites excluding steroid dienone is 1. The SMILES string of the molecule is CC12CCC(=O)C=C1CCC1C2[C@@H](O)CC2(C)C1CC[C@]2(OC(=O)c1cccs1)C(=O)CSc1nc2ccccc2s1. The first-order valence-corrected chi connectivity index (χ1v) is 17.5. The van der Waals surface area contributed by atoms with E-state index in [1.807, 2.05) is 41.8 Å². The Morgan fingerprint density at radius 1 is 1.12 bits per heavy atom. The average molecular weight is 622 g/mol. The van der Waals surface area contributed by atoms with Crippen molar-refractivity contribution in [3.8, 4) is 0 Å². The number of hydrogen-bond donors (Lipinski definition) is 1. The molecule has 7 atom stereocenters. The first-order valence-electron chi connectivity index (χ1n) is 14.9. The molecule has 9 heteroatoms. The lowest BCUT2D eigenvalue weighted by molar-refractivity contribution is -0.180. The van der Waals surface area contributed by atoms with Gasteiger partial charge in [0.1, 0.15) is 4.88 Å². The average Bonchev–Trinajstić information content (AvgIpc) is 3.70. The molecule has 0 aliphatic heterocycles. The van der Waals surface area contributed by atoms with Gasteiger partial charge in [0.05, 0.1) is 22.1 Å². The van der Waals surface area contributed by atoms with Gasteiger partial charge in [-0.2, -0.15) is 0 Å². The number of aliphatic hydroxyl groups is 1. The summed E-state index contributed by atoms with van der Waals surface area (Å²) < 4.78 is 8.32. The molecule has 2 heterocycles. The van der Waals surface area contributed by atoms with E-state index in [1.54, 1.807) is 17.4 Å². The van der Waals surface area contributed by atoms with Crippen LogP contribution in [0.5, 0.6) is 0 Å². The third-order valence-electron chi connectivity index (χ3n) is 11.1. The van der Waals surface area contributed by atoms with Crippen molar-refractivity contribution in [1.29, 1.82) is 0 Å². The van der Waals surface area contributed by atoms with Crippen molar-refractivity contribution < 1.29 is 24.2 Å². The number of hydrogen-bond acceptors (Lipinski definition) is 9. The Morgan fingerprint density at radius 2 is 1.95 bits per heavy atom. The Morgan fingerprint density at radius 3 is 2.74 bits per heavy atom. The molecule has 0 saturated heterocycles. The summed E-state index contributed by atoms with van der Waals surface area (Å²) in [4.78, 5) is 45.5. The first kappa shape index (κ1) is 28.4. The second kappa shape index (κ2) is 10.4. The van der Waals surface area contributed by atoms with E-state index in [0.717, 1.165) is 40.2 Å². The number of fused-ring (bicyclic) bond motifs is 6. The molecule has 3 fully saturated rings. The number of aromatic nitrogens is 1. The normalized spacial score (nSPS) is 35.7. The molecule has 3 saturated carbocycles. The molecule has 4 aliphatic rings. The fourth-order valence-electron chi connectivity index (χ4n) is 9.12. The van der Waals surface area contributed by atoms with Crippen molar-refractivity contribution in [1.82, 2.24) is 4.98 Å². The maximum Gasteiger partial charge on any atom is 0.349 e. The van der Waals surface area contributed by atoms with Gasteiger partial charge in [-0.3, -0.25) is 9.59 Å². The smallest absolute Gasteiger partial charge is 0.349 e. The van der Waals surface area contributed by atoms with Crippen LogP contribution in [0, 0.1) is 28.6 Å². The van der Waals surface area contributed by atoms with Crippen molar-refractivity contribution in [2.75, 3.05) is 5.75 Å². The number of nitrogens with zero attached hydrogens (tertiary/aromatic N) is 1. The van der Waals surface area contributed by atoms with E-state index in [-0.39, 0.29) is 40.5 Å². The Labute approximate surface area is 258 Å². The van der Waals surface area contributed by atoms with Gasteiger partial charge >= 0.3 is 5.97 Å². The second-order valence-corrected chi connectivity index (χ2v) is 16.2. The number of thiophene rings is 1. The summed E-state index contributed by atoms with van der Waals surface area (Å²) in [5, 5.41) is 13.8. The van der Waals surface area contributed by atoms with Crippen LogP contribution in [0.1, 0.15) is 68.5 Å². The predicted molar refractivity (Wildman–Crippen MR) is 166 cm³/mol. The highest BCUT2D eigenvalue weighted by Gasteiger charge is 2.70. The molecule has 1 aromatic carbocycles. The van der Waals surface area contributed by atoms with E-state index in [4.69, 9.17) is 9.72 Å². The number of Topliss-reactive ketones (excluding diaryl/α,β-unsaturated/α-hetero) is 1. The summed E-state index contributed by atoms with van der Waals surface area (Å²) in [6.45, 7) is 4.32. The minimum atomic E-state index is -1.33. The molecule has 220 valence electrons. The molecular weight excluding hydrogens is 587 g/mol. The molecule has 7 rings (SSSR count). The van der Waals surface area contributed by atoms with Gasteiger partial charge in [-0.15, -0.1) is 22.7 Å². The Hall–Kier alpha value is -2.33. The molecule has 0 spiro atoms. The lowest BCUT2D eigenvalue weighted by Gasteiger charge is -2.60. The Kier molecular flexibility index (Phi) is 7.04. The van der Waals surface area contributed by atoms with Crippen molar-refractivity contribution >= 4 is 62.2 Å². The molecule has 5 unspecified atom stereocenters. The fourth-order valence-corrected chi connectivity index (χ4v) is 11.7. The summed E-state index contributed by atoms with van der Waals surface area (Å²) in [6.07, 6.45) is 5.80. The summed E-state index contributed by atoms with van der Waals surface area (Å²) in [5.41, 5.74) is -0.154. The van der Waals surface area contributed by atoms with Crippen LogP contribution in [-0.4, -0.2) is 45.1 Å². The van der Waals surface area contributed by atoms with Crippen LogP contribution in [-0.2, 0) is 14.3 Å². The van der Waals surface area contributed by atoms with E-state index in [2.05, 4.69) is 13.8 Å². The molecule has 0 amide bonds. The number of ether oxygens (including phenoxy) is 1. The molecule has 6 nitrogen and oxygen atoms in total. The lowest BCUT2D eigenvalue weighted by atomic mass is 9.45. The van der Waals surface area contributed by atoms with Gasteiger partial charge in [0.25, 0.3) is 0 Å². The number of carbonyl (C=O) groups is 3. The van der Waals surface area contributed by atoms with Crippen LogP contribution >= 0.6 is 34.4 Å². The van der Waals surface area contributed by atoms with Gasteiger partial charge < -0.3 is 9.84 Å². The number of rotatable bonds is 6. The van der Waals surface area contributed by atoms with Crippen molar-refractivity contribution in [2.45, 2.75) is 74.8 Å². The van der Waals surface area contributed by atoms with Crippen LogP contribution in [0.3, 0.4) is 0 Å². The maximum absolute atomic E-state index is 14.5. The third-order valence-corrected chi connectivity index (χ3v) is 14.1. The van der Waals surface area contributed by atoms with Crippen LogP contribution in [0.15, 0.2) is 57.8 Å². The lowest BCUT2D eigenvalue weighted by Crippen LogP contribution is -2.63. The van der Waals surface area contributed by atoms with Crippen LogP contribution in [0.4, 0.5) is 0 Å². The zero-order chi connectivity index (χ0) is 29.3. The number of ketones is 2. The number of esters is 1. The van der Waals surface area contributed by atoms with Gasteiger partial charge in [0.2, 0.25) is 0 Å². The largest absolute Gasteiger partial charge is 0.446 e. The number of carbonyl (C=O) groups excluding carboxylic acids is 3. The molecule has 1 N–H and O–H groups in total. The number of thioether (sulfide) groups is 1. The van der Waals surface area contributed by atoms with Gasteiger partial charge in [-0.25, -0.2) is 9.78 Å². The number of aliphatic hydroxyl groups excluding tert-OH is 1. The number of thiazole rings is 1. The number of benzene rings is 1. The number of para-hydroxylation sites is 1. The highest BCUT2D eigenvalue weighted by atomic mass is 32.2. The third kappa shape index (κ3) is 4.29. The molecule has 0 radical (unpaired) electrons. The van der Waals surface area contributed by atoms with Crippen LogP contribution in [0.25, 0.3) is 10.2 Å². The maximum atomic E-state index is 14.5. The minimum Gasteiger partial charge on any atom is -0.446 e. The Bertz CT molecular complexity index is 1560. The van der Waals surface area contributed by atoms with Crippen molar-refractivity contribution in [3.05, 3.63) is 58.3 Å². The van der Waals surface area contributed by atoms with Gasteiger partial charge in [0, 0.05) is 11.8 Å². The standard InChI is InChI=1S/C33H35NO5S3/c1-31-13-11-20(35)16-19(31)9-10-21-22-12-14-33(32(22,2)17-24(36)28(21)31,39-29(38)26-8-5-15-40-26)27(37)18-41-30-34-23-6-3-4-7-25(23)42-30/h3-8,15-16,21-22,24,28,36H,9-14,17-18H2,1-2H3/t21?,22?,24-,28?,31?,32?,33-/m0/s1. The highest BCUT2D eigenvalue weighted by Crippen LogP contribution is 2.68. The van der Waals surface area contributed by atoms with Gasteiger partial charge in [-0.1, -0.05) is 49.4 Å². The predicted octanol–water partition coefficient (Wildman–Crippen LogP) is 7.12. The van der Waals surface area contributed by atoms with E-state index in [0.29, 0.717) is 24.1 Å². The van der Waals surface area contributed by atoms with Crippen molar-refractivity contribution in [3.63, 3.8) is 0 Å². The van der Waals surface area contributed by atoms with Gasteiger partial charge in [0.15, 0.2) is 21.5 Å². The topological polar surface area (TPSA) is 93.6 Å². The molecule has 42 heavy (non-hydrogen) atoms. The molecule has 2 aromatic heterocycles. The zero-order valence-electron chi connectivity index (χ0n) is 23.8. The highest BCUT2D eigenvalue weighted by molar-refractivity contribution is 8.01. The van der Waals surface area contributed by atoms with E-state index in [9.17, 15) is 19.5 Å². The molecular formula is C33H35NO5S3. The molecule has 4 aliphatic carbocycles. The minimum absolute atomic E-state index is 0.0275. The fraction of sp³-hybridized carbons (Fsp3) is 0.515. The van der Waals surface area contributed by atoms with Crippen molar-refractivity contribution in [2.24, 2.45) is 28.6 Å². The molecule has 0 bridgehead atoms. The molecule has 3 aromatic rings. The first-order chi connectivity index (χ1) is 20.1. The Balaban J connectivity index is 1.22. The summed E-state index contributed by atoms with van der Waals surface area (Å²) in [7, 11) is 0. The monoisotopic (exact) mass is 621 g/mol.